The summed E-state index contributed by atoms with van der Waals surface area (Å²) in [5, 5.41) is 6.19. The molecule has 1 amide bonds. The molecule has 0 saturated heterocycles. The molecule has 1 aromatic rings. The maximum Gasteiger partial charge on any atom is 0.407 e. The summed E-state index contributed by atoms with van der Waals surface area (Å²) in [5.74, 6) is 0.490. The Bertz CT molecular complexity index is 481. The lowest BCUT2D eigenvalue weighted by Gasteiger charge is -2.24. The molecule has 0 saturated carbocycles. The third-order valence-electron chi connectivity index (χ3n) is 3.50. The van der Waals surface area contributed by atoms with E-state index >= 15 is 0 Å². The van der Waals surface area contributed by atoms with Gasteiger partial charge in [0.15, 0.2) is 0 Å². The number of carbonyl (C=O) groups excluding carboxylic acids is 1. The first kappa shape index (κ1) is 19.4. The van der Waals surface area contributed by atoms with Crippen LogP contribution >= 0.6 is 0 Å². The van der Waals surface area contributed by atoms with E-state index in [1.807, 2.05) is 20.8 Å². The third kappa shape index (κ3) is 8.55. The molecular formula is C18H29FN2O2. The van der Waals surface area contributed by atoms with E-state index in [2.05, 4.69) is 24.5 Å². The van der Waals surface area contributed by atoms with Crippen LogP contribution in [0.1, 0.15) is 40.2 Å². The molecule has 23 heavy (non-hydrogen) atoms. The van der Waals surface area contributed by atoms with Crippen LogP contribution in [0.15, 0.2) is 24.3 Å². The van der Waals surface area contributed by atoms with Crippen LogP contribution in [-0.4, -0.2) is 24.8 Å². The van der Waals surface area contributed by atoms with Gasteiger partial charge in [-0.1, -0.05) is 26.0 Å². The van der Waals surface area contributed by atoms with Gasteiger partial charge in [0.2, 0.25) is 0 Å². The second-order valence-corrected chi connectivity index (χ2v) is 7.14. The molecule has 0 aliphatic rings. The van der Waals surface area contributed by atoms with Crippen LogP contribution in [0.25, 0.3) is 0 Å². The zero-order chi connectivity index (χ0) is 17.5. The van der Waals surface area contributed by atoms with Crippen LogP contribution in [0, 0.1) is 17.7 Å². The van der Waals surface area contributed by atoms with Crippen molar-refractivity contribution in [3.8, 4) is 0 Å². The van der Waals surface area contributed by atoms with Gasteiger partial charge in [0.25, 0.3) is 0 Å². The van der Waals surface area contributed by atoms with E-state index in [4.69, 9.17) is 4.74 Å². The Balaban J connectivity index is 2.37. The Morgan fingerprint density at radius 1 is 1.17 bits per heavy atom. The topological polar surface area (TPSA) is 50.4 Å². The van der Waals surface area contributed by atoms with E-state index in [-0.39, 0.29) is 11.9 Å². The number of ether oxygens (including phenoxy) is 1. The minimum absolute atomic E-state index is 0.227. The largest absolute Gasteiger partial charge is 0.444 e. The SMILES string of the molecule is CC(C)C(CNCc1ccc(F)cc1)CNC(=O)OC(C)(C)C. The van der Waals surface area contributed by atoms with Crippen LogP contribution in [0.5, 0.6) is 0 Å². The van der Waals surface area contributed by atoms with Crippen molar-refractivity contribution in [1.29, 1.82) is 0 Å². The van der Waals surface area contributed by atoms with Gasteiger partial charge in [-0.3, -0.25) is 0 Å². The fourth-order valence-electron chi connectivity index (χ4n) is 2.08. The Hall–Kier alpha value is -1.62. The molecule has 0 aromatic heterocycles. The Morgan fingerprint density at radius 2 is 1.78 bits per heavy atom. The predicted molar refractivity (Wildman–Crippen MR) is 90.7 cm³/mol. The van der Waals surface area contributed by atoms with Crippen LogP contribution in [0.3, 0.4) is 0 Å². The molecule has 1 unspecified atom stereocenters. The summed E-state index contributed by atoms with van der Waals surface area (Å²) in [5.41, 5.74) is 0.548. The van der Waals surface area contributed by atoms with Gasteiger partial charge in [0.1, 0.15) is 11.4 Å². The number of amides is 1. The zero-order valence-electron chi connectivity index (χ0n) is 14.8. The van der Waals surface area contributed by atoms with E-state index < -0.39 is 5.60 Å². The van der Waals surface area contributed by atoms with Crippen molar-refractivity contribution in [1.82, 2.24) is 10.6 Å². The van der Waals surface area contributed by atoms with Crippen LogP contribution in [0.4, 0.5) is 9.18 Å². The van der Waals surface area contributed by atoms with E-state index in [0.29, 0.717) is 24.9 Å². The summed E-state index contributed by atoms with van der Waals surface area (Å²) in [6.45, 7) is 11.8. The summed E-state index contributed by atoms with van der Waals surface area (Å²) in [6, 6.07) is 6.46. The number of hydrogen-bond donors (Lipinski definition) is 2. The van der Waals surface area contributed by atoms with Gasteiger partial charge in [-0.2, -0.15) is 0 Å². The standard InChI is InChI=1S/C18H29FN2O2/c1-13(2)15(12-21-17(22)23-18(3,4)5)11-20-10-14-6-8-16(19)9-7-14/h6-9,13,15,20H,10-12H2,1-5H3,(H,21,22). The first-order valence-electron chi connectivity index (χ1n) is 8.09. The number of rotatable bonds is 7. The number of hydrogen-bond acceptors (Lipinski definition) is 3. The molecule has 0 aliphatic carbocycles. The van der Waals surface area contributed by atoms with Crippen molar-refractivity contribution in [2.45, 2.75) is 46.8 Å². The van der Waals surface area contributed by atoms with Gasteiger partial charge in [-0.15, -0.1) is 0 Å². The first-order chi connectivity index (χ1) is 10.7. The molecule has 0 heterocycles. The maximum atomic E-state index is 12.9. The average molecular weight is 324 g/mol. The van der Waals surface area contributed by atoms with Gasteiger partial charge in [0, 0.05) is 19.6 Å². The highest BCUT2D eigenvalue weighted by Gasteiger charge is 2.18. The number of halogens is 1. The molecule has 1 aromatic carbocycles. The lowest BCUT2D eigenvalue weighted by Crippen LogP contribution is -2.39. The van der Waals surface area contributed by atoms with E-state index in [1.165, 1.54) is 12.1 Å². The van der Waals surface area contributed by atoms with Crippen molar-refractivity contribution < 1.29 is 13.9 Å². The molecule has 0 aliphatic heterocycles. The number of benzene rings is 1. The van der Waals surface area contributed by atoms with Crippen LogP contribution in [-0.2, 0) is 11.3 Å². The van der Waals surface area contributed by atoms with Gasteiger partial charge in [0.05, 0.1) is 0 Å². The Kier molecular flexibility index (Phi) is 7.49. The van der Waals surface area contributed by atoms with E-state index in [0.717, 1.165) is 12.1 Å². The molecule has 5 heteroatoms. The highest BCUT2D eigenvalue weighted by atomic mass is 19.1. The summed E-state index contributed by atoms with van der Waals surface area (Å²) < 4.78 is 18.1. The van der Waals surface area contributed by atoms with Crippen LogP contribution < -0.4 is 10.6 Å². The molecule has 1 rings (SSSR count). The lowest BCUT2D eigenvalue weighted by molar-refractivity contribution is 0.0515. The number of carbonyl (C=O) groups is 1. The van der Waals surface area contributed by atoms with Crippen molar-refractivity contribution in [2.24, 2.45) is 11.8 Å². The first-order valence-corrected chi connectivity index (χ1v) is 8.09. The van der Waals surface area contributed by atoms with Crippen LogP contribution in [0.2, 0.25) is 0 Å². The predicted octanol–water partition coefficient (Wildman–Crippen LogP) is 3.71. The van der Waals surface area contributed by atoms with Gasteiger partial charge in [-0.05, 0) is 50.3 Å². The molecule has 0 spiro atoms. The van der Waals surface area contributed by atoms with E-state index in [9.17, 15) is 9.18 Å². The minimum atomic E-state index is -0.488. The second kappa shape index (κ2) is 8.87. The molecule has 0 fully saturated rings. The summed E-state index contributed by atoms with van der Waals surface area (Å²) in [7, 11) is 0. The molecule has 4 nitrogen and oxygen atoms in total. The highest BCUT2D eigenvalue weighted by Crippen LogP contribution is 2.11. The Morgan fingerprint density at radius 3 is 2.30 bits per heavy atom. The van der Waals surface area contributed by atoms with Gasteiger partial charge in [-0.25, -0.2) is 9.18 Å². The smallest absolute Gasteiger partial charge is 0.407 e. The molecule has 0 bridgehead atoms. The zero-order valence-corrected chi connectivity index (χ0v) is 14.8. The maximum absolute atomic E-state index is 12.9. The van der Waals surface area contributed by atoms with Crippen molar-refractivity contribution >= 4 is 6.09 Å². The molecule has 2 N–H and O–H groups in total. The van der Waals surface area contributed by atoms with Crippen molar-refractivity contribution in [2.75, 3.05) is 13.1 Å². The van der Waals surface area contributed by atoms with Gasteiger partial charge < -0.3 is 15.4 Å². The molecule has 130 valence electrons. The quantitative estimate of drug-likeness (QED) is 0.804. The summed E-state index contributed by atoms with van der Waals surface area (Å²) >= 11 is 0. The minimum Gasteiger partial charge on any atom is -0.444 e. The molecular weight excluding hydrogens is 295 g/mol. The lowest BCUT2D eigenvalue weighted by atomic mass is 9.95. The highest BCUT2D eigenvalue weighted by molar-refractivity contribution is 5.67. The molecule has 1 atom stereocenters. The van der Waals surface area contributed by atoms with Crippen molar-refractivity contribution in [3.05, 3.63) is 35.6 Å². The third-order valence-corrected chi connectivity index (χ3v) is 3.50. The normalized spacial score (nSPS) is 13.0. The number of alkyl carbamates (subject to hydrolysis) is 1. The fourth-order valence-corrected chi connectivity index (χ4v) is 2.08. The number of nitrogens with one attached hydrogen (secondary N) is 2. The van der Waals surface area contributed by atoms with Gasteiger partial charge >= 0.3 is 6.09 Å². The van der Waals surface area contributed by atoms with Crippen molar-refractivity contribution in [3.63, 3.8) is 0 Å². The monoisotopic (exact) mass is 324 g/mol. The summed E-state index contributed by atoms with van der Waals surface area (Å²) in [4.78, 5) is 11.7. The fraction of sp³-hybridized carbons (Fsp3) is 0.611. The van der Waals surface area contributed by atoms with E-state index in [1.54, 1.807) is 12.1 Å². The Labute approximate surface area is 138 Å². The second-order valence-electron chi connectivity index (χ2n) is 7.14. The summed E-state index contributed by atoms with van der Waals surface area (Å²) in [6.07, 6.45) is -0.387. The molecule has 0 radical (unpaired) electrons. The average Bonchev–Trinajstić information content (AvgIpc) is 2.42.